The summed E-state index contributed by atoms with van der Waals surface area (Å²) >= 11 is 3.73. The lowest BCUT2D eigenvalue weighted by Gasteiger charge is -2.32. The topological polar surface area (TPSA) is 29.9 Å². The predicted molar refractivity (Wildman–Crippen MR) is 85.6 cm³/mol. The van der Waals surface area contributed by atoms with Crippen molar-refractivity contribution >= 4 is 15.9 Å². The zero-order chi connectivity index (χ0) is 14.1. The molecule has 4 atom stereocenters. The maximum atomic E-state index is 4.57. The standard InChI is InChI=1S/C16H26BrN3/c1-3-7-20-16(14(17)10-19-20)15(18-4-2)13-9-11-5-6-12(13)8-11/h10-13,15,18H,3-9H2,1-2H3. The van der Waals surface area contributed by atoms with Crippen molar-refractivity contribution in [2.45, 2.75) is 58.5 Å². The Bertz CT molecular complexity index is 457. The molecule has 0 radical (unpaired) electrons. The van der Waals surface area contributed by atoms with E-state index in [9.17, 15) is 0 Å². The second-order valence-electron chi connectivity index (χ2n) is 6.47. The van der Waals surface area contributed by atoms with Gasteiger partial charge in [0.2, 0.25) is 0 Å². The first kappa shape index (κ1) is 14.6. The molecule has 4 heteroatoms. The molecule has 4 unspecified atom stereocenters. The predicted octanol–water partition coefficient (Wildman–Crippen LogP) is 4.14. The highest BCUT2D eigenvalue weighted by molar-refractivity contribution is 9.10. The Hall–Kier alpha value is -0.350. The summed E-state index contributed by atoms with van der Waals surface area (Å²) in [6, 6.07) is 0.471. The van der Waals surface area contributed by atoms with Crippen LogP contribution in [0, 0.1) is 17.8 Å². The number of fused-ring (bicyclic) bond motifs is 2. The molecule has 0 aromatic carbocycles. The molecule has 0 amide bonds. The third-order valence-corrected chi connectivity index (χ3v) is 5.82. The van der Waals surface area contributed by atoms with Gasteiger partial charge in [0.1, 0.15) is 0 Å². The molecule has 2 aliphatic rings. The molecule has 0 aliphatic heterocycles. The lowest BCUT2D eigenvalue weighted by molar-refractivity contribution is 0.242. The van der Waals surface area contributed by atoms with Crippen LogP contribution in [0.2, 0.25) is 0 Å². The van der Waals surface area contributed by atoms with Gasteiger partial charge in [0, 0.05) is 6.54 Å². The van der Waals surface area contributed by atoms with Crippen molar-refractivity contribution in [2.24, 2.45) is 17.8 Å². The van der Waals surface area contributed by atoms with Crippen molar-refractivity contribution in [1.29, 1.82) is 0 Å². The summed E-state index contributed by atoms with van der Waals surface area (Å²) in [4.78, 5) is 0. The first-order valence-corrected chi connectivity index (χ1v) is 8.98. The van der Waals surface area contributed by atoms with Gasteiger partial charge in [-0.2, -0.15) is 5.10 Å². The van der Waals surface area contributed by atoms with Crippen LogP contribution in [0.3, 0.4) is 0 Å². The van der Waals surface area contributed by atoms with E-state index < -0.39 is 0 Å². The molecule has 3 rings (SSSR count). The number of nitrogens with one attached hydrogen (secondary N) is 1. The smallest absolute Gasteiger partial charge is 0.0698 e. The van der Waals surface area contributed by atoms with E-state index in [0.29, 0.717) is 6.04 Å². The van der Waals surface area contributed by atoms with Crippen LogP contribution in [0.25, 0.3) is 0 Å². The zero-order valence-electron chi connectivity index (χ0n) is 12.6. The maximum absolute atomic E-state index is 4.57. The molecule has 2 saturated carbocycles. The molecule has 2 fully saturated rings. The fourth-order valence-corrected chi connectivity index (χ4v) is 4.99. The minimum absolute atomic E-state index is 0.471. The van der Waals surface area contributed by atoms with Crippen molar-refractivity contribution in [2.75, 3.05) is 6.54 Å². The Morgan fingerprint density at radius 1 is 1.40 bits per heavy atom. The van der Waals surface area contributed by atoms with E-state index in [1.165, 1.54) is 35.8 Å². The quantitative estimate of drug-likeness (QED) is 0.843. The Morgan fingerprint density at radius 2 is 2.25 bits per heavy atom. The molecule has 1 aromatic heterocycles. The van der Waals surface area contributed by atoms with Crippen molar-refractivity contribution < 1.29 is 0 Å². The van der Waals surface area contributed by atoms with Gasteiger partial charge in [0.05, 0.1) is 22.4 Å². The largest absolute Gasteiger partial charge is 0.309 e. The second-order valence-corrected chi connectivity index (χ2v) is 7.33. The van der Waals surface area contributed by atoms with Crippen LogP contribution in [0.5, 0.6) is 0 Å². The van der Waals surface area contributed by atoms with Crippen molar-refractivity contribution in [1.82, 2.24) is 15.1 Å². The van der Waals surface area contributed by atoms with Crippen molar-refractivity contribution in [3.05, 3.63) is 16.4 Å². The molecule has 20 heavy (non-hydrogen) atoms. The van der Waals surface area contributed by atoms with Crippen molar-refractivity contribution in [3.8, 4) is 0 Å². The van der Waals surface area contributed by atoms with Gasteiger partial charge in [-0.05, 0) is 65.9 Å². The molecule has 1 N–H and O–H groups in total. The molecule has 2 bridgehead atoms. The Balaban J connectivity index is 1.88. The number of hydrogen-bond donors (Lipinski definition) is 1. The van der Waals surface area contributed by atoms with Gasteiger partial charge in [-0.3, -0.25) is 4.68 Å². The second kappa shape index (κ2) is 6.18. The van der Waals surface area contributed by atoms with Crippen molar-refractivity contribution in [3.63, 3.8) is 0 Å². The van der Waals surface area contributed by atoms with E-state index in [1.54, 1.807) is 0 Å². The summed E-state index contributed by atoms with van der Waals surface area (Å²) in [6.45, 7) is 6.49. The highest BCUT2D eigenvalue weighted by Crippen LogP contribution is 2.53. The lowest BCUT2D eigenvalue weighted by Crippen LogP contribution is -2.33. The molecule has 0 saturated heterocycles. The fraction of sp³-hybridized carbons (Fsp3) is 0.812. The average Bonchev–Trinajstić information content (AvgIpc) is 3.13. The summed E-state index contributed by atoms with van der Waals surface area (Å²) < 4.78 is 3.39. The number of hydrogen-bond acceptors (Lipinski definition) is 2. The van der Waals surface area contributed by atoms with E-state index >= 15 is 0 Å². The number of aromatic nitrogens is 2. The van der Waals surface area contributed by atoms with Crippen LogP contribution in [-0.2, 0) is 6.54 Å². The van der Waals surface area contributed by atoms with E-state index in [0.717, 1.165) is 37.3 Å². The Labute approximate surface area is 130 Å². The summed E-state index contributed by atoms with van der Waals surface area (Å²) in [6.07, 6.45) is 8.89. The highest BCUT2D eigenvalue weighted by Gasteiger charge is 2.44. The van der Waals surface area contributed by atoms with Gasteiger partial charge in [0.15, 0.2) is 0 Å². The molecule has 1 heterocycles. The molecule has 0 spiro atoms. The van der Waals surface area contributed by atoms with Crippen LogP contribution in [-0.4, -0.2) is 16.3 Å². The van der Waals surface area contributed by atoms with Crippen LogP contribution in [0.1, 0.15) is 57.7 Å². The Morgan fingerprint density at radius 3 is 2.85 bits per heavy atom. The van der Waals surface area contributed by atoms with Gasteiger partial charge in [-0.15, -0.1) is 0 Å². The molecule has 112 valence electrons. The summed E-state index contributed by atoms with van der Waals surface area (Å²) in [5.74, 6) is 2.73. The first-order chi connectivity index (χ1) is 9.74. The number of rotatable bonds is 6. The van der Waals surface area contributed by atoms with Gasteiger partial charge in [-0.1, -0.05) is 20.3 Å². The van der Waals surface area contributed by atoms with Gasteiger partial charge in [0.25, 0.3) is 0 Å². The maximum Gasteiger partial charge on any atom is 0.0698 e. The van der Waals surface area contributed by atoms with Crippen LogP contribution >= 0.6 is 15.9 Å². The zero-order valence-corrected chi connectivity index (χ0v) is 14.2. The summed E-state index contributed by atoms with van der Waals surface area (Å²) in [5.41, 5.74) is 1.38. The van der Waals surface area contributed by atoms with E-state index in [4.69, 9.17) is 0 Å². The van der Waals surface area contributed by atoms with E-state index in [2.05, 4.69) is 44.9 Å². The monoisotopic (exact) mass is 339 g/mol. The average molecular weight is 340 g/mol. The summed E-state index contributed by atoms with van der Waals surface area (Å²) in [7, 11) is 0. The number of nitrogens with zero attached hydrogens (tertiary/aromatic N) is 2. The fourth-order valence-electron chi connectivity index (χ4n) is 4.44. The van der Waals surface area contributed by atoms with Gasteiger partial charge < -0.3 is 5.32 Å². The number of aryl methyl sites for hydroxylation is 1. The van der Waals surface area contributed by atoms with Crippen LogP contribution in [0.15, 0.2) is 10.7 Å². The molecular formula is C16H26BrN3. The molecule has 1 aromatic rings. The SMILES string of the molecule is CCCn1ncc(Br)c1C(NCC)C1CC2CCC1C2. The van der Waals surface area contributed by atoms with E-state index in [1.807, 2.05) is 6.20 Å². The minimum atomic E-state index is 0.471. The summed E-state index contributed by atoms with van der Waals surface area (Å²) in [5, 5.41) is 8.33. The van der Waals surface area contributed by atoms with Gasteiger partial charge >= 0.3 is 0 Å². The minimum Gasteiger partial charge on any atom is -0.309 e. The van der Waals surface area contributed by atoms with E-state index in [-0.39, 0.29) is 0 Å². The lowest BCUT2D eigenvalue weighted by atomic mass is 9.82. The molecule has 3 nitrogen and oxygen atoms in total. The number of halogens is 1. The highest BCUT2D eigenvalue weighted by atomic mass is 79.9. The van der Waals surface area contributed by atoms with Gasteiger partial charge in [-0.25, -0.2) is 0 Å². The molecule has 2 aliphatic carbocycles. The third kappa shape index (κ3) is 2.57. The third-order valence-electron chi connectivity index (χ3n) is 5.21. The molecular weight excluding hydrogens is 314 g/mol. The normalized spacial score (nSPS) is 30.1. The van der Waals surface area contributed by atoms with Crippen LogP contribution in [0.4, 0.5) is 0 Å². The Kier molecular flexibility index (Phi) is 4.51. The first-order valence-electron chi connectivity index (χ1n) is 8.19. The van der Waals surface area contributed by atoms with Crippen LogP contribution < -0.4 is 5.32 Å².